The SMILES string of the molecule is CC1CCCC(CNC(=O)c2nc(C(C)C)ncc2N)C1. The average molecular weight is 290 g/mol. The Hall–Kier alpha value is -1.65. The van der Waals surface area contributed by atoms with Crippen molar-refractivity contribution in [3.8, 4) is 0 Å². The summed E-state index contributed by atoms with van der Waals surface area (Å²) in [5.41, 5.74) is 6.48. The van der Waals surface area contributed by atoms with E-state index in [-0.39, 0.29) is 11.8 Å². The first-order chi connectivity index (χ1) is 9.97. The molecule has 21 heavy (non-hydrogen) atoms. The standard InChI is InChI=1S/C16H26N4O/c1-10(2)15-18-9-13(17)14(20-15)16(21)19-8-12-6-4-5-11(3)7-12/h9-12H,4-8,17H2,1-3H3,(H,19,21). The van der Waals surface area contributed by atoms with Gasteiger partial charge in [0.05, 0.1) is 11.9 Å². The van der Waals surface area contributed by atoms with E-state index in [9.17, 15) is 4.79 Å². The molecule has 0 aliphatic heterocycles. The molecule has 1 aliphatic rings. The van der Waals surface area contributed by atoms with E-state index in [0.717, 1.165) is 5.92 Å². The van der Waals surface area contributed by atoms with Crippen LogP contribution in [0, 0.1) is 11.8 Å². The first kappa shape index (κ1) is 15.7. The topological polar surface area (TPSA) is 80.9 Å². The zero-order valence-corrected chi connectivity index (χ0v) is 13.2. The van der Waals surface area contributed by atoms with Gasteiger partial charge in [0.1, 0.15) is 5.82 Å². The van der Waals surface area contributed by atoms with E-state index in [1.54, 1.807) is 0 Å². The van der Waals surface area contributed by atoms with Crippen molar-refractivity contribution < 1.29 is 4.79 Å². The Bertz CT molecular complexity index is 501. The normalized spacial score (nSPS) is 22.3. The van der Waals surface area contributed by atoms with Gasteiger partial charge < -0.3 is 11.1 Å². The second kappa shape index (κ2) is 6.87. The zero-order valence-electron chi connectivity index (χ0n) is 13.2. The lowest BCUT2D eigenvalue weighted by Crippen LogP contribution is -2.32. The van der Waals surface area contributed by atoms with Crippen LogP contribution in [0.2, 0.25) is 0 Å². The van der Waals surface area contributed by atoms with E-state index in [4.69, 9.17) is 5.73 Å². The number of nitrogens with two attached hydrogens (primary N) is 1. The average Bonchev–Trinajstić information content (AvgIpc) is 2.45. The quantitative estimate of drug-likeness (QED) is 0.893. The predicted octanol–water partition coefficient (Wildman–Crippen LogP) is 2.74. The van der Waals surface area contributed by atoms with E-state index in [1.165, 1.54) is 31.9 Å². The smallest absolute Gasteiger partial charge is 0.272 e. The van der Waals surface area contributed by atoms with Gasteiger partial charge in [0.2, 0.25) is 0 Å². The molecule has 0 spiro atoms. The van der Waals surface area contributed by atoms with Gasteiger partial charge in [-0.25, -0.2) is 9.97 Å². The Morgan fingerprint density at radius 1 is 1.48 bits per heavy atom. The van der Waals surface area contributed by atoms with Gasteiger partial charge in [-0.3, -0.25) is 4.79 Å². The van der Waals surface area contributed by atoms with Gasteiger partial charge >= 0.3 is 0 Å². The highest BCUT2D eigenvalue weighted by atomic mass is 16.1. The molecule has 2 atom stereocenters. The summed E-state index contributed by atoms with van der Waals surface area (Å²) in [6.45, 7) is 6.99. The molecule has 0 radical (unpaired) electrons. The van der Waals surface area contributed by atoms with Crippen LogP contribution in [0.15, 0.2) is 6.20 Å². The molecule has 3 N–H and O–H groups in total. The number of anilines is 1. The minimum atomic E-state index is -0.185. The van der Waals surface area contributed by atoms with Crippen molar-refractivity contribution in [3.05, 3.63) is 17.7 Å². The lowest BCUT2D eigenvalue weighted by Gasteiger charge is -2.26. The Morgan fingerprint density at radius 3 is 2.90 bits per heavy atom. The molecule has 1 heterocycles. The molecule has 0 saturated heterocycles. The van der Waals surface area contributed by atoms with Gasteiger partial charge in [-0.15, -0.1) is 0 Å². The molecule has 0 bridgehead atoms. The maximum atomic E-state index is 12.3. The first-order valence-corrected chi connectivity index (χ1v) is 7.88. The molecule has 1 aliphatic carbocycles. The monoisotopic (exact) mass is 290 g/mol. The van der Waals surface area contributed by atoms with Crippen molar-refractivity contribution in [1.29, 1.82) is 0 Å². The molecule has 5 nitrogen and oxygen atoms in total. The zero-order chi connectivity index (χ0) is 15.4. The lowest BCUT2D eigenvalue weighted by molar-refractivity contribution is 0.0936. The van der Waals surface area contributed by atoms with Gasteiger partial charge in [-0.2, -0.15) is 0 Å². The molecule has 1 fully saturated rings. The van der Waals surface area contributed by atoms with Crippen LogP contribution in [-0.2, 0) is 0 Å². The van der Waals surface area contributed by atoms with E-state index >= 15 is 0 Å². The summed E-state index contributed by atoms with van der Waals surface area (Å²) < 4.78 is 0. The Morgan fingerprint density at radius 2 is 2.24 bits per heavy atom. The van der Waals surface area contributed by atoms with Crippen LogP contribution < -0.4 is 11.1 Å². The molecule has 1 saturated carbocycles. The van der Waals surface area contributed by atoms with E-state index in [2.05, 4.69) is 22.2 Å². The number of carbonyl (C=O) groups is 1. The number of nitrogen functional groups attached to an aromatic ring is 1. The molecular weight excluding hydrogens is 264 g/mol. The highest BCUT2D eigenvalue weighted by molar-refractivity contribution is 5.96. The first-order valence-electron chi connectivity index (χ1n) is 7.88. The molecule has 1 aromatic rings. The van der Waals surface area contributed by atoms with Crippen LogP contribution in [0.1, 0.15) is 68.7 Å². The van der Waals surface area contributed by atoms with Crippen molar-refractivity contribution in [3.63, 3.8) is 0 Å². The fourth-order valence-corrected chi connectivity index (χ4v) is 2.93. The van der Waals surface area contributed by atoms with Crippen LogP contribution in [0.5, 0.6) is 0 Å². The number of carbonyl (C=O) groups excluding carboxylic acids is 1. The largest absolute Gasteiger partial charge is 0.396 e. The molecule has 0 aromatic carbocycles. The molecule has 116 valence electrons. The number of rotatable bonds is 4. The maximum Gasteiger partial charge on any atom is 0.272 e. The third-order valence-corrected chi connectivity index (χ3v) is 4.16. The highest BCUT2D eigenvalue weighted by Gasteiger charge is 2.21. The summed E-state index contributed by atoms with van der Waals surface area (Å²) in [5.74, 6) is 1.98. The molecule has 2 rings (SSSR count). The Labute approximate surface area is 126 Å². The van der Waals surface area contributed by atoms with Gasteiger partial charge in [0.25, 0.3) is 5.91 Å². The summed E-state index contributed by atoms with van der Waals surface area (Å²) >= 11 is 0. The lowest BCUT2D eigenvalue weighted by atomic mass is 9.82. The van der Waals surface area contributed by atoms with Crippen LogP contribution in [-0.4, -0.2) is 22.4 Å². The second-order valence-corrected chi connectivity index (χ2v) is 6.53. The van der Waals surface area contributed by atoms with Crippen LogP contribution in [0.3, 0.4) is 0 Å². The third kappa shape index (κ3) is 4.16. The van der Waals surface area contributed by atoms with E-state index in [1.807, 2.05) is 13.8 Å². The summed E-state index contributed by atoms with van der Waals surface area (Å²) in [6, 6.07) is 0. The minimum Gasteiger partial charge on any atom is -0.396 e. The third-order valence-electron chi connectivity index (χ3n) is 4.16. The Kier molecular flexibility index (Phi) is 5.15. The van der Waals surface area contributed by atoms with E-state index < -0.39 is 0 Å². The minimum absolute atomic E-state index is 0.177. The van der Waals surface area contributed by atoms with Crippen molar-refractivity contribution in [2.45, 2.75) is 52.4 Å². The van der Waals surface area contributed by atoms with Gasteiger partial charge in [-0.05, 0) is 24.7 Å². The molecule has 5 heteroatoms. The summed E-state index contributed by atoms with van der Waals surface area (Å²) in [6.07, 6.45) is 6.48. The van der Waals surface area contributed by atoms with Crippen LogP contribution in [0.4, 0.5) is 5.69 Å². The summed E-state index contributed by atoms with van der Waals surface area (Å²) in [7, 11) is 0. The fraction of sp³-hybridized carbons (Fsp3) is 0.688. The van der Waals surface area contributed by atoms with Crippen molar-refractivity contribution >= 4 is 11.6 Å². The number of hydrogen-bond donors (Lipinski definition) is 2. The highest BCUT2D eigenvalue weighted by Crippen LogP contribution is 2.28. The van der Waals surface area contributed by atoms with Gasteiger partial charge in [0, 0.05) is 12.5 Å². The predicted molar refractivity (Wildman–Crippen MR) is 84.0 cm³/mol. The van der Waals surface area contributed by atoms with Crippen molar-refractivity contribution in [1.82, 2.24) is 15.3 Å². The Balaban J connectivity index is 1.98. The number of aromatic nitrogens is 2. The van der Waals surface area contributed by atoms with Crippen LogP contribution >= 0.6 is 0 Å². The van der Waals surface area contributed by atoms with Crippen LogP contribution in [0.25, 0.3) is 0 Å². The number of nitrogens with one attached hydrogen (secondary N) is 1. The molecule has 2 unspecified atom stereocenters. The maximum absolute atomic E-state index is 12.3. The summed E-state index contributed by atoms with van der Waals surface area (Å²) in [4.78, 5) is 20.8. The van der Waals surface area contributed by atoms with Crippen molar-refractivity contribution in [2.75, 3.05) is 12.3 Å². The summed E-state index contributed by atoms with van der Waals surface area (Å²) in [5, 5.41) is 2.99. The molecular formula is C16H26N4O. The number of nitrogens with zero attached hydrogens (tertiary/aromatic N) is 2. The van der Waals surface area contributed by atoms with Crippen molar-refractivity contribution in [2.24, 2.45) is 11.8 Å². The number of amides is 1. The van der Waals surface area contributed by atoms with Gasteiger partial charge in [0.15, 0.2) is 5.69 Å². The molecule has 1 amide bonds. The van der Waals surface area contributed by atoms with Gasteiger partial charge in [-0.1, -0.05) is 33.6 Å². The second-order valence-electron chi connectivity index (χ2n) is 6.53. The van der Waals surface area contributed by atoms with E-state index in [0.29, 0.717) is 29.7 Å². The number of hydrogen-bond acceptors (Lipinski definition) is 4. The fourth-order valence-electron chi connectivity index (χ4n) is 2.93. The molecule has 1 aromatic heterocycles.